The molecule has 0 saturated carbocycles. The van der Waals surface area contributed by atoms with Gasteiger partial charge >= 0.3 is 5.97 Å². The lowest BCUT2D eigenvalue weighted by atomic mass is 10.1. The van der Waals surface area contributed by atoms with Crippen molar-refractivity contribution in [3.63, 3.8) is 0 Å². The van der Waals surface area contributed by atoms with Crippen molar-refractivity contribution in [2.45, 2.75) is 6.92 Å². The summed E-state index contributed by atoms with van der Waals surface area (Å²) in [7, 11) is 2.76. The van der Waals surface area contributed by atoms with Crippen molar-refractivity contribution < 1.29 is 23.5 Å². The summed E-state index contributed by atoms with van der Waals surface area (Å²) in [5, 5.41) is 0.663. The van der Waals surface area contributed by atoms with Crippen molar-refractivity contribution in [2.75, 3.05) is 14.2 Å². The second-order valence-corrected chi connectivity index (χ2v) is 3.76. The second-order valence-electron chi connectivity index (χ2n) is 3.76. The highest BCUT2D eigenvalue weighted by atomic mass is 16.5. The molecule has 2 rings (SSSR count). The van der Waals surface area contributed by atoms with Crippen LogP contribution in [0.25, 0.3) is 11.0 Å². The smallest absolute Gasteiger partial charge is 0.373 e. The summed E-state index contributed by atoms with van der Waals surface area (Å²) in [6.07, 6.45) is 0.704. The second kappa shape index (κ2) is 4.52. The number of methoxy groups -OCH3 is 2. The molecule has 0 saturated heterocycles. The molecule has 0 amide bonds. The Bertz CT molecular complexity index is 624. The number of hydrogen-bond donors (Lipinski definition) is 0. The predicted octanol–water partition coefficient (Wildman–Crippen LogP) is 2.35. The molecule has 1 aromatic carbocycles. The van der Waals surface area contributed by atoms with Crippen molar-refractivity contribution in [1.29, 1.82) is 0 Å². The fourth-order valence-electron chi connectivity index (χ4n) is 1.92. The number of aldehydes is 1. The van der Waals surface area contributed by atoms with Gasteiger partial charge in [0, 0.05) is 10.9 Å². The van der Waals surface area contributed by atoms with Crippen LogP contribution in [0.3, 0.4) is 0 Å². The van der Waals surface area contributed by atoms with Crippen LogP contribution in [0, 0.1) is 6.92 Å². The fourth-order valence-corrected chi connectivity index (χ4v) is 1.92. The molecule has 0 N–H and O–H groups in total. The SMILES string of the molecule is COC(=O)c1cc2cc(C=O)c(OC)c(C)c2o1. The first-order chi connectivity index (χ1) is 8.62. The Hall–Kier alpha value is -2.30. The van der Waals surface area contributed by atoms with E-state index in [1.54, 1.807) is 19.1 Å². The summed E-state index contributed by atoms with van der Waals surface area (Å²) in [6.45, 7) is 1.76. The standard InChI is InChI=1S/C13H12O5/c1-7-11(16-2)9(6-14)4-8-5-10(13(15)17-3)18-12(7)8/h4-6H,1-3H3. The van der Waals surface area contributed by atoms with Crippen molar-refractivity contribution in [3.05, 3.63) is 29.0 Å². The lowest BCUT2D eigenvalue weighted by molar-refractivity contribution is 0.0567. The van der Waals surface area contributed by atoms with Crippen LogP contribution < -0.4 is 4.74 Å². The maximum absolute atomic E-state index is 11.4. The van der Waals surface area contributed by atoms with Crippen LogP contribution in [0.5, 0.6) is 5.75 Å². The summed E-state index contributed by atoms with van der Waals surface area (Å²) in [6, 6.07) is 3.16. The minimum Gasteiger partial charge on any atom is -0.496 e. The van der Waals surface area contributed by atoms with Gasteiger partial charge in [-0.3, -0.25) is 4.79 Å². The van der Waals surface area contributed by atoms with Crippen LogP contribution >= 0.6 is 0 Å². The van der Waals surface area contributed by atoms with E-state index in [0.29, 0.717) is 34.1 Å². The minimum atomic E-state index is -0.558. The lowest BCUT2D eigenvalue weighted by Gasteiger charge is -2.07. The lowest BCUT2D eigenvalue weighted by Crippen LogP contribution is -1.97. The topological polar surface area (TPSA) is 65.7 Å². The molecule has 0 aliphatic carbocycles. The van der Waals surface area contributed by atoms with Crippen LogP contribution in [0.15, 0.2) is 16.5 Å². The van der Waals surface area contributed by atoms with E-state index in [-0.39, 0.29) is 5.76 Å². The molecule has 1 heterocycles. The first-order valence-corrected chi connectivity index (χ1v) is 5.27. The molecule has 0 atom stereocenters. The molecule has 0 aliphatic heterocycles. The Morgan fingerprint density at radius 2 is 2.06 bits per heavy atom. The third-order valence-corrected chi connectivity index (χ3v) is 2.73. The highest BCUT2D eigenvalue weighted by molar-refractivity contribution is 5.97. The summed E-state index contributed by atoms with van der Waals surface area (Å²) in [4.78, 5) is 22.4. The summed E-state index contributed by atoms with van der Waals surface area (Å²) in [5.74, 6) is -0.0128. The predicted molar refractivity (Wildman–Crippen MR) is 64.2 cm³/mol. The van der Waals surface area contributed by atoms with E-state index >= 15 is 0 Å². The first-order valence-electron chi connectivity index (χ1n) is 5.27. The Morgan fingerprint density at radius 1 is 1.33 bits per heavy atom. The van der Waals surface area contributed by atoms with E-state index in [4.69, 9.17) is 9.15 Å². The summed E-state index contributed by atoms with van der Waals surface area (Å²) in [5.41, 5.74) is 1.60. The molecule has 2 aromatic rings. The van der Waals surface area contributed by atoms with E-state index in [9.17, 15) is 9.59 Å². The number of benzene rings is 1. The molecule has 0 radical (unpaired) electrons. The number of carbonyl (C=O) groups is 2. The molecular formula is C13H12O5. The van der Waals surface area contributed by atoms with Gasteiger partial charge < -0.3 is 13.9 Å². The van der Waals surface area contributed by atoms with Crippen LogP contribution in [0.4, 0.5) is 0 Å². The zero-order valence-corrected chi connectivity index (χ0v) is 10.3. The van der Waals surface area contributed by atoms with Crippen molar-refractivity contribution in [1.82, 2.24) is 0 Å². The molecule has 5 heteroatoms. The molecule has 0 spiro atoms. The average Bonchev–Trinajstić information content (AvgIpc) is 2.81. The number of hydrogen-bond acceptors (Lipinski definition) is 5. The number of rotatable bonds is 3. The Labute approximate surface area is 103 Å². The third kappa shape index (κ3) is 1.73. The number of ether oxygens (including phenoxy) is 2. The quantitative estimate of drug-likeness (QED) is 0.616. The van der Waals surface area contributed by atoms with Gasteiger partial charge in [0.25, 0.3) is 0 Å². The minimum absolute atomic E-state index is 0.0979. The average molecular weight is 248 g/mol. The van der Waals surface area contributed by atoms with E-state index in [1.807, 2.05) is 0 Å². The number of aryl methyl sites for hydroxylation is 1. The molecule has 0 bridgehead atoms. The maximum Gasteiger partial charge on any atom is 0.373 e. The largest absolute Gasteiger partial charge is 0.496 e. The number of esters is 1. The van der Waals surface area contributed by atoms with Gasteiger partial charge in [0.05, 0.1) is 19.8 Å². The van der Waals surface area contributed by atoms with Gasteiger partial charge in [0.1, 0.15) is 11.3 Å². The van der Waals surface area contributed by atoms with Gasteiger partial charge in [-0.15, -0.1) is 0 Å². The molecule has 0 aliphatic rings. The van der Waals surface area contributed by atoms with Gasteiger partial charge in [0.2, 0.25) is 5.76 Å². The van der Waals surface area contributed by atoms with Crippen molar-refractivity contribution in [3.8, 4) is 5.75 Å². The molecule has 0 fully saturated rings. The Balaban J connectivity index is 2.73. The highest BCUT2D eigenvalue weighted by Crippen LogP contribution is 2.32. The van der Waals surface area contributed by atoms with Crippen molar-refractivity contribution in [2.24, 2.45) is 0 Å². The van der Waals surface area contributed by atoms with E-state index in [0.717, 1.165) is 0 Å². The van der Waals surface area contributed by atoms with Crippen LogP contribution in [-0.2, 0) is 4.74 Å². The van der Waals surface area contributed by atoms with Crippen molar-refractivity contribution >= 4 is 23.2 Å². The Kier molecular flexibility index (Phi) is 3.06. The van der Waals surface area contributed by atoms with Crippen LogP contribution in [0.1, 0.15) is 26.5 Å². The molecular weight excluding hydrogens is 236 g/mol. The van der Waals surface area contributed by atoms with Gasteiger partial charge in [0.15, 0.2) is 6.29 Å². The zero-order chi connectivity index (χ0) is 13.3. The first kappa shape index (κ1) is 12.2. The fraction of sp³-hybridized carbons (Fsp3) is 0.231. The molecule has 1 aromatic heterocycles. The third-order valence-electron chi connectivity index (χ3n) is 2.73. The van der Waals surface area contributed by atoms with Crippen LogP contribution in [-0.4, -0.2) is 26.5 Å². The van der Waals surface area contributed by atoms with E-state index in [2.05, 4.69) is 4.74 Å². The van der Waals surface area contributed by atoms with Gasteiger partial charge in [-0.1, -0.05) is 0 Å². The van der Waals surface area contributed by atoms with Gasteiger partial charge in [-0.05, 0) is 19.1 Å². The molecule has 0 unspecified atom stereocenters. The maximum atomic E-state index is 11.4. The monoisotopic (exact) mass is 248 g/mol. The van der Waals surface area contributed by atoms with Gasteiger partial charge in [-0.2, -0.15) is 0 Å². The van der Waals surface area contributed by atoms with Gasteiger partial charge in [-0.25, -0.2) is 4.79 Å². The number of fused-ring (bicyclic) bond motifs is 1. The highest BCUT2D eigenvalue weighted by Gasteiger charge is 2.18. The number of carbonyl (C=O) groups excluding carboxylic acids is 2. The van der Waals surface area contributed by atoms with E-state index in [1.165, 1.54) is 14.2 Å². The Morgan fingerprint density at radius 3 is 2.61 bits per heavy atom. The summed E-state index contributed by atoms with van der Waals surface area (Å²) >= 11 is 0. The normalized spacial score (nSPS) is 10.4. The van der Waals surface area contributed by atoms with Crippen LogP contribution in [0.2, 0.25) is 0 Å². The molecule has 18 heavy (non-hydrogen) atoms. The number of furan rings is 1. The zero-order valence-electron chi connectivity index (χ0n) is 10.3. The molecule has 94 valence electrons. The summed E-state index contributed by atoms with van der Waals surface area (Å²) < 4.78 is 15.2. The molecule has 5 nitrogen and oxygen atoms in total. The van der Waals surface area contributed by atoms with E-state index < -0.39 is 5.97 Å².